The highest BCUT2D eigenvalue weighted by Crippen LogP contribution is 2.59. The molecule has 0 N–H and O–H groups in total. The topological polar surface area (TPSA) is 0 Å². The van der Waals surface area contributed by atoms with E-state index in [9.17, 15) is 0 Å². The summed E-state index contributed by atoms with van der Waals surface area (Å²) in [5.41, 5.74) is 0. The maximum Gasteiger partial charge on any atom is -0.0362 e. The number of hydrogen-bond acceptors (Lipinski definition) is 0. The smallest absolute Gasteiger partial charge is 0.0362 e. The summed E-state index contributed by atoms with van der Waals surface area (Å²) < 4.78 is 0. The largest absolute Gasteiger partial charge is 0.290 e. The molecule has 1 heteroatoms. The summed E-state index contributed by atoms with van der Waals surface area (Å²) in [7, 11) is -1.20. The van der Waals surface area contributed by atoms with Gasteiger partial charge in [0.25, 0.3) is 0 Å². The lowest BCUT2D eigenvalue weighted by Crippen LogP contribution is -2.20. The first-order chi connectivity index (χ1) is 5.24. The van der Waals surface area contributed by atoms with Crippen LogP contribution in [0.15, 0.2) is 0 Å². The molecular weight excluding hydrogens is 164 g/mol. The maximum atomic E-state index is 2.52. The van der Waals surface area contributed by atoms with Crippen molar-refractivity contribution in [2.24, 2.45) is 5.92 Å². The van der Waals surface area contributed by atoms with Crippen LogP contribution in [0.25, 0.3) is 0 Å². The number of thiol groups is 1. The second-order valence-corrected chi connectivity index (χ2v) is 14.0. The van der Waals surface area contributed by atoms with E-state index < -0.39 is 9.16 Å². The number of hydrogen-bond donors (Lipinski definition) is 1. The highest BCUT2D eigenvalue weighted by atomic mass is 32.3. The van der Waals surface area contributed by atoms with Gasteiger partial charge in [-0.05, 0) is 42.6 Å². The average molecular weight is 192 g/mol. The molecule has 0 aromatic heterocycles. The van der Waals surface area contributed by atoms with Gasteiger partial charge in [0.15, 0.2) is 0 Å². The Hall–Kier alpha value is 0.350. The van der Waals surface area contributed by atoms with Crippen LogP contribution in [0.1, 0.15) is 33.6 Å². The van der Waals surface area contributed by atoms with Crippen molar-refractivity contribution >= 4 is 9.16 Å². The quantitative estimate of drug-likeness (QED) is 0.634. The van der Waals surface area contributed by atoms with E-state index >= 15 is 0 Å². The summed E-state index contributed by atoms with van der Waals surface area (Å²) in [6.07, 6.45) is 10.4. The zero-order valence-corrected chi connectivity index (χ0v) is 10.7. The summed E-state index contributed by atoms with van der Waals surface area (Å²) in [5.74, 6) is 3.78. The number of rotatable bonds is 5. The van der Waals surface area contributed by atoms with Crippen LogP contribution in [0, 0.1) is 5.92 Å². The lowest BCUT2D eigenvalue weighted by Gasteiger charge is -2.51. The first-order valence-electron chi connectivity index (χ1n) is 5.24. The third kappa shape index (κ3) is 5.93. The lowest BCUT2D eigenvalue weighted by atomic mass is 10.1. The molecule has 0 spiro atoms. The van der Waals surface area contributed by atoms with Crippen molar-refractivity contribution < 1.29 is 0 Å². The molecule has 0 radical (unpaired) electrons. The van der Waals surface area contributed by atoms with E-state index in [0.717, 1.165) is 5.92 Å². The molecule has 0 amide bonds. The van der Waals surface area contributed by atoms with E-state index in [1.165, 1.54) is 24.3 Å². The highest BCUT2D eigenvalue weighted by molar-refractivity contribution is 8.48. The Kier molecular flexibility index (Phi) is 4.16. The Bertz CT molecular complexity index is 128. The molecule has 0 nitrogen and oxygen atoms in total. The third-order valence-corrected chi connectivity index (χ3v) is 7.26. The zero-order chi connectivity index (χ0) is 9.85. The van der Waals surface area contributed by atoms with Crippen molar-refractivity contribution in [1.29, 1.82) is 0 Å². The summed E-state index contributed by atoms with van der Waals surface area (Å²) in [6, 6.07) is 0. The van der Waals surface area contributed by atoms with Crippen LogP contribution in [0.5, 0.6) is 0 Å². The van der Waals surface area contributed by atoms with E-state index in [-0.39, 0.29) is 0 Å². The summed E-state index contributed by atoms with van der Waals surface area (Å²) in [4.78, 5) is 0. The van der Waals surface area contributed by atoms with E-state index in [1.807, 2.05) is 0 Å². The Morgan fingerprint density at radius 1 is 1.08 bits per heavy atom. The van der Waals surface area contributed by atoms with Crippen LogP contribution in [0.2, 0.25) is 0 Å². The molecular formula is C11H28S. The van der Waals surface area contributed by atoms with Gasteiger partial charge >= 0.3 is 0 Å². The second kappa shape index (κ2) is 4.04. The zero-order valence-electron chi connectivity index (χ0n) is 9.85. The van der Waals surface area contributed by atoms with Gasteiger partial charge in [-0.2, -0.15) is 0 Å². The van der Waals surface area contributed by atoms with Crippen molar-refractivity contribution in [3.8, 4) is 0 Å². The molecule has 0 atom stereocenters. The standard InChI is InChI=1S/C11H28S/c1-7-12(4,5,6)10-8-9-11(2)3/h11-12H,7-10H2,1-6H3. The second-order valence-electron chi connectivity index (χ2n) is 6.04. The van der Waals surface area contributed by atoms with Crippen molar-refractivity contribution in [2.45, 2.75) is 33.6 Å². The first kappa shape index (κ1) is 12.3. The normalized spacial score (nSPS) is 16.1. The Balaban J connectivity index is 3.76. The van der Waals surface area contributed by atoms with Gasteiger partial charge in [-0.1, -0.05) is 27.2 Å². The molecule has 0 saturated heterocycles. The molecule has 0 heterocycles. The van der Waals surface area contributed by atoms with Crippen LogP contribution in [-0.4, -0.2) is 30.3 Å². The maximum absolute atomic E-state index is 2.52. The minimum absolute atomic E-state index is 0.883. The summed E-state index contributed by atoms with van der Waals surface area (Å²) in [6.45, 7) is 7.00. The van der Waals surface area contributed by atoms with Crippen molar-refractivity contribution in [1.82, 2.24) is 0 Å². The molecule has 78 valence electrons. The van der Waals surface area contributed by atoms with Gasteiger partial charge in [0.05, 0.1) is 0 Å². The van der Waals surface area contributed by atoms with Gasteiger partial charge in [0.1, 0.15) is 0 Å². The SMILES string of the molecule is CC[SH](C)(C)(C)CCCC(C)C. The van der Waals surface area contributed by atoms with Gasteiger partial charge in [0.2, 0.25) is 0 Å². The third-order valence-electron chi connectivity index (χ3n) is 2.94. The molecule has 0 aliphatic rings. The van der Waals surface area contributed by atoms with Crippen LogP contribution in [0.4, 0.5) is 0 Å². The minimum Gasteiger partial charge on any atom is -0.290 e. The minimum atomic E-state index is -1.20. The molecule has 0 aromatic carbocycles. The van der Waals surface area contributed by atoms with Gasteiger partial charge in [0, 0.05) is 0 Å². The van der Waals surface area contributed by atoms with Crippen molar-refractivity contribution in [2.75, 3.05) is 30.3 Å². The Morgan fingerprint density at radius 2 is 1.58 bits per heavy atom. The average Bonchev–Trinajstić information content (AvgIpc) is 1.86. The van der Waals surface area contributed by atoms with Gasteiger partial charge in [-0.15, -0.1) is 0 Å². The Morgan fingerprint density at radius 3 is 1.92 bits per heavy atom. The summed E-state index contributed by atoms with van der Waals surface area (Å²) >= 11 is 0. The fourth-order valence-electron chi connectivity index (χ4n) is 1.24. The molecule has 0 bridgehead atoms. The van der Waals surface area contributed by atoms with Crippen molar-refractivity contribution in [3.05, 3.63) is 0 Å². The predicted molar refractivity (Wildman–Crippen MR) is 66.2 cm³/mol. The molecule has 0 aliphatic carbocycles. The molecule has 0 fully saturated rings. The highest BCUT2D eigenvalue weighted by Gasteiger charge is 2.21. The van der Waals surface area contributed by atoms with Gasteiger partial charge < -0.3 is 0 Å². The monoisotopic (exact) mass is 192 g/mol. The first-order valence-corrected chi connectivity index (χ1v) is 9.19. The fourth-order valence-corrected chi connectivity index (χ4v) is 2.91. The van der Waals surface area contributed by atoms with Gasteiger partial charge in [-0.3, -0.25) is 9.16 Å². The van der Waals surface area contributed by atoms with Crippen LogP contribution in [0.3, 0.4) is 0 Å². The lowest BCUT2D eigenvalue weighted by molar-refractivity contribution is 0.578. The van der Waals surface area contributed by atoms with E-state index in [0.29, 0.717) is 0 Å². The van der Waals surface area contributed by atoms with E-state index in [2.05, 4.69) is 39.5 Å². The van der Waals surface area contributed by atoms with Crippen molar-refractivity contribution in [3.63, 3.8) is 0 Å². The molecule has 12 heavy (non-hydrogen) atoms. The molecule has 0 rings (SSSR count). The fraction of sp³-hybridized carbons (Fsp3) is 1.00. The Labute approximate surface area is 79.4 Å². The van der Waals surface area contributed by atoms with E-state index in [1.54, 1.807) is 0 Å². The molecule has 0 saturated carbocycles. The van der Waals surface area contributed by atoms with Crippen LogP contribution < -0.4 is 0 Å². The van der Waals surface area contributed by atoms with E-state index in [4.69, 9.17) is 0 Å². The molecule has 0 aliphatic heterocycles. The predicted octanol–water partition coefficient (Wildman–Crippen LogP) is 3.40. The molecule has 0 unspecified atom stereocenters. The summed E-state index contributed by atoms with van der Waals surface area (Å²) in [5, 5.41) is 0. The van der Waals surface area contributed by atoms with Crippen LogP contribution >= 0.6 is 9.16 Å². The molecule has 0 aromatic rings. The van der Waals surface area contributed by atoms with Crippen LogP contribution in [-0.2, 0) is 0 Å². The van der Waals surface area contributed by atoms with Gasteiger partial charge in [-0.25, -0.2) is 0 Å².